The first-order valence-electron chi connectivity index (χ1n) is 8.11. The van der Waals surface area contributed by atoms with Gasteiger partial charge in [0.15, 0.2) is 0 Å². The molecule has 1 aliphatic heterocycles. The van der Waals surface area contributed by atoms with E-state index in [2.05, 4.69) is 20.2 Å². The van der Waals surface area contributed by atoms with Gasteiger partial charge in [-0.25, -0.2) is 9.97 Å². The first-order chi connectivity index (χ1) is 10.3. The average Bonchev–Trinajstić information content (AvgIpc) is 2.43. The third-order valence-electron chi connectivity index (χ3n) is 4.00. The molecule has 1 saturated heterocycles. The van der Waals surface area contributed by atoms with Crippen molar-refractivity contribution < 1.29 is 4.79 Å². The third-order valence-corrected chi connectivity index (χ3v) is 4.00. The lowest BCUT2D eigenvalue weighted by Crippen LogP contribution is -2.44. The number of aromatic nitrogens is 2. The van der Waals surface area contributed by atoms with Gasteiger partial charge in [0.05, 0.1) is 0 Å². The van der Waals surface area contributed by atoms with Crippen LogP contribution in [0.4, 0.5) is 5.95 Å². The molecule has 2 heterocycles. The van der Waals surface area contributed by atoms with Gasteiger partial charge in [0.1, 0.15) is 0 Å². The third kappa shape index (κ3) is 4.42. The van der Waals surface area contributed by atoms with Crippen molar-refractivity contribution in [2.24, 2.45) is 11.3 Å². The van der Waals surface area contributed by atoms with Gasteiger partial charge in [0.25, 0.3) is 0 Å². The number of piperidine rings is 1. The fraction of sp³-hybridized carbons (Fsp3) is 0.706. The Hall–Kier alpha value is -1.65. The zero-order valence-electron chi connectivity index (χ0n) is 14.4. The molecule has 1 amide bonds. The van der Waals surface area contributed by atoms with Gasteiger partial charge < -0.3 is 10.2 Å². The first kappa shape index (κ1) is 16.7. The molecule has 1 aromatic rings. The highest BCUT2D eigenvalue weighted by Gasteiger charge is 2.25. The van der Waals surface area contributed by atoms with Gasteiger partial charge in [-0.3, -0.25) is 4.79 Å². The Bertz CT molecular complexity index is 516. The van der Waals surface area contributed by atoms with Crippen molar-refractivity contribution in [3.63, 3.8) is 0 Å². The minimum absolute atomic E-state index is 0.118. The van der Waals surface area contributed by atoms with Gasteiger partial charge in [0, 0.05) is 36.4 Å². The Balaban J connectivity index is 1.96. The van der Waals surface area contributed by atoms with Crippen LogP contribution < -0.4 is 10.2 Å². The summed E-state index contributed by atoms with van der Waals surface area (Å²) in [6.07, 6.45) is 2.26. The maximum Gasteiger partial charge on any atom is 0.225 e. The number of carbonyl (C=O) groups excluding carboxylic acids is 1. The fourth-order valence-electron chi connectivity index (χ4n) is 2.76. The zero-order valence-corrected chi connectivity index (χ0v) is 14.4. The van der Waals surface area contributed by atoms with E-state index in [1.807, 2.05) is 40.7 Å². The van der Waals surface area contributed by atoms with E-state index in [0.717, 1.165) is 49.8 Å². The van der Waals surface area contributed by atoms with Crippen molar-refractivity contribution in [3.8, 4) is 0 Å². The Morgan fingerprint density at radius 2 is 1.95 bits per heavy atom. The molecule has 5 heteroatoms. The molecule has 0 aliphatic carbocycles. The van der Waals surface area contributed by atoms with Crippen LogP contribution in [0.2, 0.25) is 0 Å². The summed E-state index contributed by atoms with van der Waals surface area (Å²) < 4.78 is 0. The molecule has 1 fully saturated rings. The summed E-state index contributed by atoms with van der Waals surface area (Å²) >= 11 is 0. The second kappa shape index (κ2) is 6.63. The Kier molecular flexibility index (Phi) is 5.04. The summed E-state index contributed by atoms with van der Waals surface area (Å²) in [5.74, 6) is 1.40. The van der Waals surface area contributed by atoms with E-state index in [-0.39, 0.29) is 11.3 Å². The van der Waals surface area contributed by atoms with Gasteiger partial charge in [0.2, 0.25) is 11.9 Å². The molecular formula is C17H28N4O. The lowest BCUT2D eigenvalue weighted by molar-refractivity contribution is -0.128. The number of amides is 1. The van der Waals surface area contributed by atoms with Crippen molar-refractivity contribution in [1.82, 2.24) is 15.3 Å². The summed E-state index contributed by atoms with van der Waals surface area (Å²) in [7, 11) is 0. The number of aryl methyl sites for hydroxylation is 2. The topological polar surface area (TPSA) is 58.1 Å². The smallest absolute Gasteiger partial charge is 0.225 e. The highest BCUT2D eigenvalue weighted by Crippen LogP contribution is 2.21. The summed E-state index contributed by atoms with van der Waals surface area (Å²) in [5, 5.41) is 3.08. The Labute approximate surface area is 133 Å². The van der Waals surface area contributed by atoms with Gasteiger partial charge in [-0.05, 0) is 38.7 Å². The van der Waals surface area contributed by atoms with Crippen LogP contribution in [0.15, 0.2) is 6.07 Å². The molecule has 0 saturated carbocycles. The van der Waals surface area contributed by atoms with Crippen LogP contribution in [-0.4, -0.2) is 35.5 Å². The minimum atomic E-state index is -0.328. The number of hydrogen-bond donors (Lipinski definition) is 1. The zero-order chi connectivity index (χ0) is 16.3. The predicted octanol–water partition coefficient (Wildman–Crippen LogP) is 2.47. The van der Waals surface area contributed by atoms with Crippen LogP contribution in [0.5, 0.6) is 0 Å². The first-order valence-corrected chi connectivity index (χ1v) is 8.11. The predicted molar refractivity (Wildman–Crippen MR) is 88.9 cm³/mol. The number of nitrogens with zero attached hydrogens (tertiary/aromatic N) is 3. The lowest BCUT2D eigenvalue weighted by Gasteiger charge is -2.33. The number of carbonyl (C=O) groups is 1. The standard InChI is InChI=1S/C17H28N4O/c1-12-9-13(2)20-16(19-12)21-8-6-7-14(11-21)10-18-15(22)17(3,4)5/h9,14H,6-8,10-11H2,1-5H3,(H,18,22). The van der Waals surface area contributed by atoms with E-state index < -0.39 is 0 Å². The second-order valence-electron chi connectivity index (χ2n) is 7.37. The van der Waals surface area contributed by atoms with Crippen molar-refractivity contribution in [1.29, 1.82) is 0 Å². The highest BCUT2D eigenvalue weighted by molar-refractivity contribution is 5.81. The van der Waals surface area contributed by atoms with E-state index in [4.69, 9.17) is 0 Å². The molecule has 122 valence electrons. The monoisotopic (exact) mass is 304 g/mol. The van der Waals surface area contributed by atoms with Crippen LogP contribution in [0.25, 0.3) is 0 Å². The lowest BCUT2D eigenvalue weighted by atomic mass is 9.94. The normalized spacial score (nSPS) is 19.1. The van der Waals surface area contributed by atoms with Crippen molar-refractivity contribution in [2.75, 3.05) is 24.5 Å². The molecule has 1 N–H and O–H groups in total. The molecule has 1 unspecified atom stereocenters. The molecular weight excluding hydrogens is 276 g/mol. The van der Waals surface area contributed by atoms with Gasteiger partial charge >= 0.3 is 0 Å². The number of rotatable bonds is 3. The molecule has 5 nitrogen and oxygen atoms in total. The largest absolute Gasteiger partial charge is 0.355 e. The molecule has 22 heavy (non-hydrogen) atoms. The van der Waals surface area contributed by atoms with Crippen LogP contribution in [0.3, 0.4) is 0 Å². The average molecular weight is 304 g/mol. The summed E-state index contributed by atoms with van der Waals surface area (Å²) in [5.41, 5.74) is 1.68. The van der Waals surface area contributed by atoms with Gasteiger partial charge in [-0.2, -0.15) is 0 Å². The highest BCUT2D eigenvalue weighted by atomic mass is 16.2. The van der Waals surface area contributed by atoms with Gasteiger partial charge in [-0.1, -0.05) is 20.8 Å². The molecule has 0 spiro atoms. The Morgan fingerprint density at radius 3 is 2.55 bits per heavy atom. The fourth-order valence-corrected chi connectivity index (χ4v) is 2.76. The minimum Gasteiger partial charge on any atom is -0.355 e. The van der Waals surface area contributed by atoms with Crippen LogP contribution in [-0.2, 0) is 4.79 Å². The maximum absolute atomic E-state index is 12.0. The molecule has 1 atom stereocenters. The summed E-state index contributed by atoms with van der Waals surface area (Å²) in [4.78, 5) is 23.4. The molecule has 1 aliphatic rings. The molecule has 0 aromatic carbocycles. The second-order valence-corrected chi connectivity index (χ2v) is 7.37. The van der Waals surface area contributed by atoms with Gasteiger partial charge in [-0.15, -0.1) is 0 Å². The molecule has 2 rings (SSSR count). The maximum atomic E-state index is 12.0. The summed E-state index contributed by atoms with van der Waals surface area (Å²) in [6, 6.07) is 1.99. The number of anilines is 1. The Morgan fingerprint density at radius 1 is 1.32 bits per heavy atom. The van der Waals surface area contributed by atoms with Crippen LogP contribution in [0.1, 0.15) is 45.0 Å². The van der Waals surface area contributed by atoms with E-state index in [1.165, 1.54) is 0 Å². The van der Waals surface area contributed by atoms with Crippen LogP contribution >= 0.6 is 0 Å². The quantitative estimate of drug-likeness (QED) is 0.932. The van der Waals surface area contributed by atoms with Crippen molar-refractivity contribution in [2.45, 2.75) is 47.5 Å². The molecule has 0 bridgehead atoms. The number of nitrogens with one attached hydrogen (secondary N) is 1. The van der Waals surface area contributed by atoms with E-state index in [9.17, 15) is 4.79 Å². The van der Waals surface area contributed by atoms with Crippen molar-refractivity contribution in [3.05, 3.63) is 17.5 Å². The SMILES string of the molecule is Cc1cc(C)nc(N2CCCC(CNC(=O)C(C)(C)C)C2)n1. The van der Waals surface area contributed by atoms with E-state index >= 15 is 0 Å². The number of hydrogen-bond acceptors (Lipinski definition) is 4. The summed E-state index contributed by atoms with van der Waals surface area (Å²) in [6.45, 7) is 12.5. The molecule has 0 radical (unpaired) electrons. The van der Waals surface area contributed by atoms with E-state index in [1.54, 1.807) is 0 Å². The van der Waals surface area contributed by atoms with E-state index in [0.29, 0.717) is 5.92 Å². The molecule has 1 aromatic heterocycles. The van der Waals surface area contributed by atoms with Crippen LogP contribution in [0, 0.1) is 25.2 Å². The van der Waals surface area contributed by atoms with Crippen molar-refractivity contribution >= 4 is 11.9 Å².